The van der Waals surface area contributed by atoms with Crippen LogP contribution >= 0.6 is 0 Å². The number of fused-ring (bicyclic) bond motifs is 1. The van der Waals surface area contributed by atoms with Crippen LogP contribution in [0.25, 0.3) is 11.0 Å². The minimum atomic E-state index is -0.260. The zero-order valence-electron chi connectivity index (χ0n) is 7.45. The van der Waals surface area contributed by atoms with Gasteiger partial charge in [0.25, 0.3) is 0 Å². The lowest BCUT2D eigenvalue weighted by Crippen LogP contribution is -2.22. The molecule has 0 aliphatic rings. The molecule has 72 valence electrons. The molecule has 0 saturated heterocycles. The third-order valence-corrected chi connectivity index (χ3v) is 1.83. The fourth-order valence-electron chi connectivity index (χ4n) is 1.20. The van der Waals surface area contributed by atoms with Crippen LogP contribution in [0.3, 0.4) is 0 Å². The highest BCUT2D eigenvalue weighted by atomic mass is 16.1. The number of hydrogen-bond acceptors (Lipinski definition) is 3. The van der Waals surface area contributed by atoms with Crippen LogP contribution in [-0.2, 0) is 4.79 Å². The lowest BCUT2D eigenvalue weighted by molar-refractivity contribution is -0.114. The van der Waals surface area contributed by atoms with Crippen LogP contribution in [0.4, 0.5) is 5.95 Å². The van der Waals surface area contributed by atoms with Gasteiger partial charge in [0.1, 0.15) is 0 Å². The summed E-state index contributed by atoms with van der Waals surface area (Å²) >= 11 is 0. The molecule has 0 fully saturated rings. The summed E-state index contributed by atoms with van der Waals surface area (Å²) in [6, 6.07) is 7.54. The summed E-state index contributed by atoms with van der Waals surface area (Å²) in [5.74, 6) is 0.172. The molecular weight excluding hydrogens is 180 g/mol. The topological polar surface area (TPSA) is 83.8 Å². The highest BCUT2D eigenvalue weighted by Gasteiger charge is 2.03. The zero-order valence-corrected chi connectivity index (χ0v) is 7.45. The van der Waals surface area contributed by atoms with Crippen molar-refractivity contribution in [3.63, 3.8) is 0 Å². The van der Waals surface area contributed by atoms with E-state index in [0.29, 0.717) is 5.95 Å². The number of amides is 1. The molecule has 0 radical (unpaired) electrons. The van der Waals surface area contributed by atoms with Gasteiger partial charge in [-0.1, -0.05) is 12.1 Å². The second-order valence-corrected chi connectivity index (χ2v) is 2.85. The lowest BCUT2D eigenvalue weighted by atomic mass is 10.3. The van der Waals surface area contributed by atoms with E-state index in [1.165, 1.54) is 0 Å². The molecule has 0 spiro atoms. The average Bonchev–Trinajstić information content (AvgIpc) is 2.59. The molecule has 0 aliphatic carbocycles. The molecule has 0 saturated carbocycles. The minimum absolute atomic E-state index is 0.0446. The molecule has 2 aromatic rings. The number of H-pyrrole nitrogens is 1. The molecule has 4 N–H and O–H groups in total. The van der Waals surface area contributed by atoms with E-state index < -0.39 is 0 Å². The molecule has 2 rings (SSSR count). The number of benzene rings is 1. The molecule has 1 aromatic heterocycles. The Morgan fingerprint density at radius 2 is 2.29 bits per heavy atom. The van der Waals surface area contributed by atoms with Gasteiger partial charge in [-0.15, -0.1) is 0 Å². The molecule has 14 heavy (non-hydrogen) atoms. The van der Waals surface area contributed by atoms with Gasteiger partial charge >= 0.3 is 0 Å². The first kappa shape index (κ1) is 8.71. The highest BCUT2D eigenvalue weighted by molar-refractivity contribution is 5.92. The van der Waals surface area contributed by atoms with Crippen LogP contribution in [0.2, 0.25) is 0 Å². The quantitative estimate of drug-likeness (QED) is 0.643. The number of rotatable bonds is 2. The number of nitrogens with one attached hydrogen (secondary N) is 2. The van der Waals surface area contributed by atoms with Gasteiger partial charge in [-0.25, -0.2) is 4.98 Å². The first-order valence-corrected chi connectivity index (χ1v) is 4.24. The molecule has 1 aromatic carbocycles. The smallest absolute Gasteiger partial charge is 0.240 e. The summed E-state index contributed by atoms with van der Waals surface area (Å²) < 4.78 is 0. The minimum Gasteiger partial charge on any atom is -0.324 e. The van der Waals surface area contributed by atoms with Crippen LogP contribution in [0.1, 0.15) is 0 Å². The Bertz CT molecular complexity index is 430. The Kier molecular flexibility index (Phi) is 2.16. The third kappa shape index (κ3) is 1.57. The molecule has 0 unspecified atom stereocenters. The second-order valence-electron chi connectivity index (χ2n) is 2.85. The van der Waals surface area contributed by atoms with Crippen molar-refractivity contribution in [1.82, 2.24) is 9.97 Å². The van der Waals surface area contributed by atoms with Gasteiger partial charge in [0.2, 0.25) is 11.9 Å². The number of imidazole rings is 1. The number of aromatic amines is 1. The Labute approximate surface area is 80.3 Å². The maximum atomic E-state index is 11.0. The Morgan fingerprint density at radius 3 is 3.00 bits per heavy atom. The lowest BCUT2D eigenvalue weighted by Gasteiger charge is -1.95. The number of aromatic nitrogens is 2. The van der Waals surface area contributed by atoms with Gasteiger partial charge in [0.15, 0.2) is 0 Å². The van der Waals surface area contributed by atoms with Crippen LogP contribution in [0.15, 0.2) is 24.3 Å². The summed E-state index contributed by atoms with van der Waals surface area (Å²) in [5.41, 5.74) is 6.87. The summed E-state index contributed by atoms with van der Waals surface area (Å²) in [6.07, 6.45) is 0. The van der Waals surface area contributed by atoms with E-state index in [1.54, 1.807) is 0 Å². The Hall–Kier alpha value is -1.88. The molecule has 0 atom stereocenters. The molecular formula is C9H10N4O. The number of carbonyl (C=O) groups excluding carboxylic acids is 1. The number of nitrogens with zero attached hydrogens (tertiary/aromatic N) is 1. The average molecular weight is 190 g/mol. The highest BCUT2D eigenvalue weighted by Crippen LogP contribution is 2.12. The van der Waals surface area contributed by atoms with Crippen molar-refractivity contribution < 1.29 is 4.79 Å². The molecule has 0 aliphatic heterocycles. The summed E-state index contributed by atoms with van der Waals surface area (Å²) in [5, 5.41) is 2.55. The first-order chi connectivity index (χ1) is 6.79. The summed E-state index contributed by atoms with van der Waals surface area (Å²) in [6.45, 7) is -0.0446. The fourth-order valence-corrected chi connectivity index (χ4v) is 1.20. The van der Waals surface area contributed by atoms with Gasteiger partial charge in [0.05, 0.1) is 17.6 Å². The molecule has 0 bridgehead atoms. The van der Waals surface area contributed by atoms with Crippen molar-refractivity contribution in [2.75, 3.05) is 11.9 Å². The zero-order chi connectivity index (χ0) is 9.97. The van der Waals surface area contributed by atoms with Gasteiger partial charge < -0.3 is 10.7 Å². The maximum absolute atomic E-state index is 11.0. The second kappa shape index (κ2) is 3.47. The van der Waals surface area contributed by atoms with Gasteiger partial charge in [-0.2, -0.15) is 0 Å². The molecule has 5 heteroatoms. The van der Waals surface area contributed by atoms with Crippen molar-refractivity contribution in [3.05, 3.63) is 24.3 Å². The number of hydrogen-bond donors (Lipinski definition) is 3. The van der Waals surface area contributed by atoms with Crippen molar-refractivity contribution in [2.24, 2.45) is 5.73 Å². The van der Waals surface area contributed by atoms with E-state index in [4.69, 9.17) is 5.73 Å². The first-order valence-electron chi connectivity index (χ1n) is 4.24. The molecule has 1 heterocycles. The van der Waals surface area contributed by atoms with Crippen LogP contribution in [0, 0.1) is 0 Å². The SMILES string of the molecule is NCC(=O)Nc1nc2ccccc2[nH]1. The number of para-hydroxylation sites is 2. The van der Waals surface area contributed by atoms with E-state index in [9.17, 15) is 4.79 Å². The van der Waals surface area contributed by atoms with Gasteiger partial charge in [-0.3, -0.25) is 10.1 Å². The summed E-state index contributed by atoms with van der Waals surface area (Å²) in [7, 11) is 0. The third-order valence-electron chi connectivity index (χ3n) is 1.83. The predicted octanol–water partition coefficient (Wildman–Crippen LogP) is 0.460. The number of carbonyl (C=O) groups is 1. The molecule has 5 nitrogen and oxygen atoms in total. The van der Waals surface area contributed by atoms with Crippen molar-refractivity contribution in [2.45, 2.75) is 0 Å². The van der Waals surface area contributed by atoms with E-state index in [1.807, 2.05) is 24.3 Å². The standard InChI is InChI=1S/C9H10N4O/c10-5-8(14)13-9-11-6-3-1-2-4-7(6)12-9/h1-4H,5,10H2,(H2,11,12,13,14). The Morgan fingerprint density at radius 1 is 1.50 bits per heavy atom. The van der Waals surface area contributed by atoms with E-state index in [2.05, 4.69) is 15.3 Å². The van der Waals surface area contributed by atoms with E-state index in [0.717, 1.165) is 11.0 Å². The summed E-state index contributed by atoms with van der Waals surface area (Å²) in [4.78, 5) is 18.1. The van der Waals surface area contributed by atoms with Crippen LogP contribution in [-0.4, -0.2) is 22.4 Å². The number of nitrogens with two attached hydrogens (primary N) is 1. The van der Waals surface area contributed by atoms with Crippen molar-refractivity contribution >= 4 is 22.9 Å². The van der Waals surface area contributed by atoms with Crippen molar-refractivity contribution in [1.29, 1.82) is 0 Å². The monoisotopic (exact) mass is 190 g/mol. The van der Waals surface area contributed by atoms with E-state index in [-0.39, 0.29) is 12.5 Å². The molecule has 1 amide bonds. The largest absolute Gasteiger partial charge is 0.324 e. The Balaban J connectivity index is 2.31. The van der Waals surface area contributed by atoms with Gasteiger partial charge in [-0.05, 0) is 12.1 Å². The number of anilines is 1. The maximum Gasteiger partial charge on any atom is 0.240 e. The normalized spacial score (nSPS) is 10.4. The van der Waals surface area contributed by atoms with Gasteiger partial charge in [0, 0.05) is 0 Å². The van der Waals surface area contributed by atoms with E-state index >= 15 is 0 Å². The van der Waals surface area contributed by atoms with Crippen LogP contribution < -0.4 is 11.1 Å². The van der Waals surface area contributed by atoms with Crippen LogP contribution in [0.5, 0.6) is 0 Å². The van der Waals surface area contributed by atoms with Crippen molar-refractivity contribution in [3.8, 4) is 0 Å². The predicted molar refractivity (Wildman–Crippen MR) is 53.8 cm³/mol. The fraction of sp³-hybridized carbons (Fsp3) is 0.111.